The molecule has 88 valence electrons. The lowest BCUT2D eigenvalue weighted by atomic mass is 9.82. The molecular formula is C13H24O2. The predicted molar refractivity (Wildman–Crippen MR) is 60.8 cm³/mol. The molecule has 0 aromatic heterocycles. The SMILES string of the molecule is CCCCC1OC2(CCCCC2)CC1O. The number of ether oxygens (including phenoxy) is 1. The second-order valence-electron chi connectivity index (χ2n) is 5.31. The molecule has 1 N–H and O–H groups in total. The second kappa shape index (κ2) is 4.84. The van der Waals surface area contributed by atoms with Crippen molar-refractivity contribution in [3.63, 3.8) is 0 Å². The minimum Gasteiger partial charge on any atom is -0.390 e. The average molecular weight is 212 g/mol. The van der Waals surface area contributed by atoms with Gasteiger partial charge in [-0.15, -0.1) is 0 Å². The van der Waals surface area contributed by atoms with Gasteiger partial charge >= 0.3 is 0 Å². The van der Waals surface area contributed by atoms with E-state index in [0.717, 1.165) is 12.8 Å². The van der Waals surface area contributed by atoms with E-state index in [0.29, 0.717) is 0 Å². The zero-order valence-electron chi connectivity index (χ0n) is 9.87. The molecule has 1 spiro atoms. The maximum atomic E-state index is 10.0. The van der Waals surface area contributed by atoms with E-state index in [4.69, 9.17) is 4.74 Å². The van der Waals surface area contributed by atoms with Crippen molar-refractivity contribution in [2.75, 3.05) is 0 Å². The zero-order valence-corrected chi connectivity index (χ0v) is 9.87. The third-order valence-electron chi connectivity index (χ3n) is 4.02. The van der Waals surface area contributed by atoms with Gasteiger partial charge in [0.05, 0.1) is 17.8 Å². The quantitative estimate of drug-likeness (QED) is 0.779. The minimum absolute atomic E-state index is 0.0656. The molecule has 1 saturated carbocycles. The minimum atomic E-state index is -0.199. The normalized spacial score (nSPS) is 34.8. The van der Waals surface area contributed by atoms with Gasteiger partial charge in [0.1, 0.15) is 0 Å². The molecule has 1 heterocycles. The lowest BCUT2D eigenvalue weighted by Crippen LogP contribution is -2.31. The predicted octanol–water partition coefficient (Wildman–Crippen LogP) is 3.03. The lowest BCUT2D eigenvalue weighted by molar-refractivity contribution is -0.0742. The van der Waals surface area contributed by atoms with Crippen LogP contribution >= 0.6 is 0 Å². The van der Waals surface area contributed by atoms with Gasteiger partial charge in [0, 0.05) is 6.42 Å². The highest BCUT2D eigenvalue weighted by atomic mass is 16.5. The number of rotatable bonds is 3. The van der Waals surface area contributed by atoms with Crippen molar-refractivity contribution in [3.8, 4) is 0 Å². The lowest BCUT2D eigenvalue weighted by Gasteiger charge is -2.33. The average Bonchev–Trinajstić information content (AvgIpc) is 2.53. The van der Waals surface area contributed by atoms with Gasteiger partial charge in [-0.2, -0.15) is 0 Å². The highest BCUT2D eigenvalue weighted by Crippen LogP contribution is 2.43. The monoisotopic (exact) mass is 212 g/mol. The summed E-state index contributed by atoms with van der Waals surface area (Å²) in [6, 6.07) is 0. The summed E-state index contributed by atoms with van der Waals surface area (Å²) >= 11 is 0. The summed E-state index contributed by atoms with van der Waals surface area (Å²) in [5.41, 5.74) is 0.0656. The molecule has 2 atom stereocenters. The largest absolute Gasteiger partial charge is 0.390 e. The maximum absolute atomic E-state index is 10.0. The van der Waals surface area contributed by atoms with Crippen molar-refractivity contribution in [1.82, 2.24) is 0 Å². The Morgan fingerprint density at radius 1 is 1.27 bits per heavy atom. The maximum Gasteiger partial charge on any atom is 0.0842 e. The molecule has 0 aromatic carbocycles. The summed E-state index contributed by atoms with van der Waals surface area (Å²) in [6.45, 7) is 2.19. The summed E-state index contributed by atoms with van der Waals surface area (Å²) < 4.78 is 6.15. The van der Waals surface area contributed by atoms with Gasteiger partial charge < -0.3 is 9.84 Å². The molecule has 15 heavy (non-hydrogen) atoms. The molecule has 0 bridgehead atoms. The fourth-order valence-corrected chi connectivity index (χ4v) is 3.14. The molecule has 1 saturated heterocycles. The highest BCUT2D eigenvalue weighted by Gasteiger charge is 2.45. The number of aliphatic hydroxyl groups is 1. The van der Waals surface area contributed by atoms with Gasteiger partial charge in [0.15, 0.2) is 0 Å². The standard InChI is InChI=1S/C13H24O2/c1-2-3-7-12-11(14)10-13(15-12)8-5-4-6-9-13/h11-12,14H,2-10H2,1H3. The molecule has 2 rings (SSSR count). The summed E-state index contributed by atoms with van der Waals surface area (Å²) in [4.78, 5) is 0. The second-order valence-corrected chi connectivity index (χ2v) is 5.31. The summed E-state index contributed by atoms with van der Waals surface area (Å²) in [7, 11) is 0. The molecule has 0 aromatic rings. The first kappa shape index (κ1) is 11.4. The van der Waals surface area contributed by atoms with Crippen molar-refractivity contribution in [3.05, 3.63) is 0 Å². The van der Waals surface area contributed by atoms with Crippen molar-refractivity contribution in [2.24, 2.45) is 0 Å². The number of hydrogen-bond acceptors (Lipinski definition) is 2. The van der Waals surface area contributed by atoms with Gasteiger partial charge in [-0.3, -0.25) is 0 Å². The van der Waals surface area contributed by atoms with Gasteiger partial charge in [-0.05, 0) is 19.3 Å². The molecule has 1 aliphatic heterocycles. The van der Waals surface area contributed by atoms with Gasteiger partial charge in [-0.25, -0.2) is 0 Å². The van der Waals surface area contributed by atoms with Gasteiger partial charge in [0.2, 0.25) is 0 Å². The van der Waals surface area contributed by atoms with Crippen LogP contribution in [0.2, 0.25) is 0 Å². The van der Waals surface area contributed by atoms with Crippen molar-refractivity contribution in [2.45, 2.75) is 82.5 Å². The van der Waals surface area contributed by atoms with E-state index < -0.39 is 0 Å². The Kier molecular flexibility index (Phi) is 3.68. The Bertz CT molecular complexity index is 197. The molecule has 2 nitrogen and oxygen atoms in total. The topological polar surface area (TPSA) is 29.5 Å². The fourth-order valence-electron chi connectivity index (χ4n) is 3.14. The van der Waals surface area contributed by atoms with Crippen LogP contribution in [0, 0.1) is 0 Å². The Hall–Kier alpha value is -0.0800. The summed E-state index contributed by atoms with van der Waals surface area (Å²) in [5.74, 6) is 0. The molecule has 1 aliphatic carbocycles. The Labute approximate surface area is 93.0 Å². The third kappa shape index (κ3) is 2.54. The third-order valence-corrected chi connectivity index (χ3v) is 4.02. The molecule has 0 radical (unpaired) electrons. The summed E-state index contributed by atoms with van der Waals surface area (Å²) in [5, 5.41) is 10.0. The van der Waals surface area contributed by atoms with E-state index in [1.807, 2.05) is 0 Å². The van der Waals surface area contributed by atoms with Crippen molar-refractivity contribution < 1.29 is 9.84 Å². The molecule has 2 aliphatic rings. The fraction of sp³-hybridized carbons (Fsp3) is 1.00. The van der Waals surface area contributed by atoms with E-state index in [1.54, 1.807) is 0 Å². The first-order valence-corrected chi connectivity index (χ1v) is 6.62. The van der Waals surface area contributed by atoms with Gasteiger partial charge in [-0.1, -0.05) is 39.0 Å². The van der Waals surface area contributed by atoms with Crippen LogP contribution in [0.4, 0.5) is 0 Å². The number of aliphatic hydroxyl groups excluding tert-OH is 1. The van der Waals surface area contributed by atoms with E-state index in [2.05, 4.69) is 6.92 Å². The van der Waals surface area contributed by atoms with Crippen LogP contribution in [-0.4, -0.2) is 22.9 Å². The Morgan fingerprint density at radius 2 is 2.00 bits per heavy atom. The molecular weight excluding hydrogens is 188 g/mol. The number of hydrogen-bond donors (Lipinski definition) is 1. The highest BCUT2D eigenvalue weighted by molar-refractivity contribution is 4.95. The van der Waals surface area contributed by atoms with Crippen LogP contribution < -0.4 is 0 Å². The first-order chi connectivity index (χ1) is 7.26. The van der Waals surface area contributed by atoms with E-state index in [9.17, 15) is 5.11 Å². The molecule has 2 unspecified atom stereocenters. The van der Waals surface area contributed by atoms with Crippen molar-refractivity contribution in [1.29, 1.82) is 0 Å². The Morgan fingerprint density at radius 3 is 2.67 bits per heavy atom. The molecule has 2 heteroatoms. The summed E-state index contributed by atoms with van der Waals surface area (Å²) in [6.07, 6.45) is 10.5. The van der Waals surface area contributed by atoms with E-state index in [1.165, 1.54) is 44.9 Å². The molecule has 2 fully saturated rings. The van der Waals surface area contributed by atoms with Crippen molar-refractivity contribution >= 4 is 0 Å². The van der Waals surface area contributed by atoms with Crippen LogP contribution in [-0.2, 0) is 4.74 Å². The number of unbranched alkanes of at least 4 members (excludes halogenated alkanes) is 1. The smallest absolute Gasteiger partial charge is 0.0842 e. The zero-order chi connectivity index (χ0) is 10.7. The van der Waals surface area contributed by atoms with Gasteiger partial charge in [0.25, 0.3) is 0 Å². The van der Waals surface area contributed by atoms with E-state index >= 15 is 0 Å². The van der Waals surface area contributed by atoms with Crippen LogP contribution in [0.15, 0.2) is 0 Å². The van der Waals surface area contributed by atoms with Crippen LogP contribution in [0.3, 0.4) is 0 Å². The van der Waals surface area contributed by atoms with Crippen LogP contribution in [0.1, 0.15) is 64.7 Å². The molecule has 0 amide bonds. The Balaban J connectivity index is 1.89. The van der Waals surface area contributed by atoms with Crippen LogP contribution in [0.5, 0.6) is 0 Å². The van der Waals surface area contributed by atoms with E-state index in [-0.39, 0.29) is 17.8 Å². The first-order valence-electron chi connectivity index (χ1n) is 6.62. The van der Waals surface area contributed by atoms with Crippen LogP contribution in [0.25, 0.3) is 0 Å².